The molecule has 2 aromatic rings. The number of hydrogen-bond donors (Lipinski definition) is 0. The van der Waals surface area contributed by atoms with Gasteiger partial charge in [0.1, 0.15) is 5.75 Å². The van der Waals surface area contributed by atoms with Crippen LogP contribution in [0.15, 0.2) is 42.5 Å². The predicted molar refractivity (Wildman–Crippen MR) is 105 cm³/mol. The minimum atomic E-state index is -0.597. The molecule has 0 spiro atoms. The molecule has 1 aliphatic rings. The van der Waals surface area contributed by atoms with E-state index < -0.39 is 10.9 Å². The molecule has 1 fully saturated rings. The van der Waals surface area contributed by atoms with Crippen molar-refractivity contribution in [1.82, 2.24) is 0 Å². The van der Waals surface area contributed by atoms with Gasteiger partial charge in [0, 0.05) is 27.2 Å². The number of rotatable bonds is 4. The Morgan fingerprint density at radius 3 is 2.46 bits per heavy atom. The van der Waals surface area contributed by atoms with Crippen LogP contribution in [-0.2, 0) is 0 Å². The Bertz CT molecular complexity index is 776. The molecular weight excluding hydrogens is 461 g/mol. The van der Waals surface area contributed by atoms with Gasteiger partial charge in [0.2, 0.25) is 0 Å². The van der Waals surface area contributed by atoms with Crippen molar-refractivity contribution >= 4 is 57.8 Å². The summed E-state index contributed by atoms with van der Waals surface area (Å²) in [4.78, 5) is 22.6. The second-order valence-corrected chi connectivity index (χ2v) is 8.84. The lowest BCUT2D eigenvalue weighted by molar-refractivity contribution is -0.384. The Hall–Kier alpha value is -1.26. The topological polar surface area (TPSA) is 69.4 Å². The highest BCUT2D eigenvalue weighted by molar-refractivity contribution is 14.1. The van der Waals surface area contributed by atoms with Crippen LogP contribution in [0.2, 0.25) is 0 Å². The number of hydrogen-bond acceptors (Lipinski definition) is 6. The van der Waals surface area contributed by atoms with E-state index in [2.05, 4.69) is 0 Å². The summed E-state index contributed by atoms with van der Waals surface area (Å²) in [6.07, 6.45) is 0. The number of ether oxygens (including phenoxy) is 1. The Morgan fingerprint density at radius 1 is 1.17 bits per heavy atom. The van der Waals surface area contributed by atoms with Crippen molar-refractivity contribution in [2.24, 2.45) is 0 Å². The third kappa shape index (κ3) is 4.04. The van der Waals surface area contributed by atoms with E-state index in [1.54, 1.807) is 12.1 Å². The average molecular weight is 473 g/mol. The van der Waals surface area contributed by atoms with Crippen molar-refractivity contribution in [2.75, 3.05) is 11.5 Å². The molecule has 0 N–H and O–H groups in total. The van der Waals surface area contributed by atoms with E-state index in [0.29, 0.717) is 13.9 Å². The molecule has 0 atom stereocenters. The van der Waals surface area contributed by atoms with E-state index in [1.165, 1.54) is 23.8 Å². The number of esters is 1. The third-order valence-electron chi connectivity index (χ3n) is 3.37. The van der Waals surface area contributed by atoms with Gasteiger partial charge in [0.15, 0.2) is 0 Å². The first-order valence-corrected chi connectivity index (χ1v) is 10.2. The van der Waals surface area contributed by atoms with Crippen molar-refractivity contribution in [2.45, 2.75) is 4.58 Å². The molecule has 0 radical (unpaired) electrons. The van der Waals surface area contributed by atoms with E-state index in [1.807, 2.05) is 58.2 Å². The van der Waals surface area contributed by atoms with Gasteiger partial charge in [-0.2, -0.15) is 0 Å². The highest BCUT2D eigenvalue weighted by atomic mass is 127. The quantitative estimate of drug-likeness (QED) is 0.207. The maximum absolute atomic E-state index is 12.3. The highest BCUT2D eigenvalue weighted by Gasteiger charge is 2.19. The minimum absolute atomic E-state index is 0.131. The van der Waals surface area contributed by atoms with Crippen molar-refractivity contribution in [3.63, 3.8) is 0 Å². The molecule has 0 amide bonds. The normalized spacial score (nSPS) is 14.5. The van der Waals surface area contributed by atoms with Crippen molar-refractivity contribution in [3.05, 3.63) is 67.3 Å². The number of nitro groups is 1. The molecule has 0 aromatic heterocycles. The van der Waals surface area contributed by atoms with Crippen LogP contribution >= 0.6 is 46.1 Å². The molecular formula is C16H12INO4S2. The van der Waals surface area contributed by atoms with Crippen molar-refractivity contribution < 1.29 is 14.5 Å². The summed E-state index contributed by atoms with van der Waals surface area (Å²) in [6, 6.07) is 11.6. The first-order chi connectivity index (χ1) is 11.5. The maximum Gasteiger partial charge on any atom is 0.344 e. The minimum Gasteiger partial charge on any atom is -0.423 e. The second kappa shape index (κ2) is 7.75. The van der Waals surface area contributed by atoms with E-state index >= 15 is 0 Å². The van der Waals surface area contributed by atoms with Crippen molar-refractivity contribution in [3.8, 4) is 5.75 Å². The predicted octanol–water partition coefficient (Wildman–Crippen LogP) is 4.90. The molecule has 24 heavy (non-hydrogen) atoms. The van der Waals surface area contributed by atoms with Gasteiger partial charge in [-0.05, 0) is 46.4 Å². The molecule has 8 heteroatoms. The van der Waals surface area contributed by atoms with Crippen LogP contribution in [0, 0.1) is 13.7 Å². The standard InChI is InChI=1S/C16H12INO4S2/c17-14-6-3-11(18(20)21)9-13(14)15(19)22-12-4-1-10(2-5-12)16-23-7-8-24-16/h1-6,9,16H,7-8H2. The number of nitro benzene ring substituents is 1. The number of carbonyl (C=O) groups is 1. The molecule has 3 rings (SSSR count). The highest BCUT2D eigenvalue weighted by Crippen LogP contribution is 2.45. The largest absolute Gasteiger partial charge is 0.423 e. The van der Waals surface area contributed by atoms with Crippen molar-refractivity contribution in [1.29, 1.82) is 0 Å². The van der Waals surface area contributed by atoms with E-state index in [4.69, 9.17) is 4.74 Å². The first kappa shape index (κ1) is 17.6. The lowest BCUT2D eigenvalue weighted by Gasteiger charge is -2.10. The van der Waals surface area contributed by atoms with Crippen LogP contribution in [0.25, 0.3) is 0 Å². The molecule has 0 bridgehead atoms. The van der Waals surface area contributed by atoms with Gasteiger partial charge in [-0.1, -0.05) is 12.1 Å². The summed E-state index contributed by atoms with van der Waals surface area (Å²) in [5.41, 5.74) is 1.26. The zero-order valence-corrected chi connectivity index (χ0v) is 16.1. The molecule has 2 aromatic carbocycles. The summed E-state index contributed by atoms with van der Waals surface area (Å²) < 4.78 is 6.40. The average Bonchev–Trinajstić information content (AvgIpc) is 3.10. The molecule has 1 heterocycles. The smallest absolute Gasteiger partial charge is 0.344 e. The van der Waals surface area contributed by atoms with Crippen LogP contribution in [-0.4, -0.2) is 22.4 Å². The van der Waals surface area contributed by atoms with Gasteiger partial charge in [-0.3, -0.25) is 10.1 Å². The van der Waals surface area contributed by atoms with Crippen LogP contribution in [0.3, 0.4) is 0 Å². The van der Waals surface area contributed by atoms with Crippen LogP contribution in [0.1, 0.15) is 20.5 Å². The summed E-state index contributed by atoms with van der Waals surface area (Å²) >= 11 is 5.78. The zero-order valence-electron chi connectivity index (χ0n) is 12.3. The zero-order chi connectivity index (χ0) is 17.1. The fourth-order valence-electron chi connectivity index (χ4n) is 2.19. The molecule has 1 aliphatic heterocycles. The number of non-ortho nitro benzene ring substituents is 1. The Morgan fingerprint density at radius 2 is 1.83 bits per heavy atom. The number of benzene rings is 2. The molecule has 0 aliphatic carbocycles. The fourth-order valence-corrected chi connectivity index (χ4v) is 5.60. The molecule has 124 valence electrons. The molecule has 0 saturated carbocycles. The molecule has 5 nitrogen and oxygen atoms in total. The monoisotopic (exact) mass is 473 g/mol. The second-order valence-electron chi connectivity index (χ2n) is 4.95. The van der Waals surface area contributed by atoms with E-state index in [-0.39, 0.29) is 11.3 Å². The van der Waals surface area contributed by atoms with Gasteiger partial charge in [0.05, 0.1) is 15.1 Å². The summed E-state index contributed by atoms with van der Waals surface area (Å²) in [7, 11) is 0. The summed E-state index contributed by atoms with van der Waals surface area (Å²) in [5.74, 6) is 2.13. The van der Waals surface area contributed by atoms with Gasteiger partial charge >= 0.3 is 5.97 Å². The van der Waals surface area contributed by atoms with Crippen LogP contribution in [0.4, 0.5) is 5.69 Å². The van der Waals surface area contributed by atoms with E-state index in [9.17, 15) is 14.9 Å². The first-order valence-electron chi connectivity index (χ1n) is 7.04. The SMILES string of the molecule is O=C(Oc1ccc(C2SCCS2)cc1)c1cc([N+](=O)[O-])ccc1I. The number of halogens is 1. The van der Waals surface area contributed by atoms with Gasteiger partial charge in [-0.15, -0.1) is 23.5 Å². The van der Waals surface area contributed by atoms with Gasteiger partial charge in [0.25, 0.3) is 5.69 Å². The van der Waals surface area contributed by atoms with Gasteiger partial charge in [-0.25, -0.2) is 4.79 Å². The fraction of sp³-hybridized carbons (Fsp3) is 0.188. The van der Waals surface area contributed by atoms with Gasteiger partial charge < -0.3 is 4.74 Å². The maximum atomic E-state index is 12.3. The Kier molecular flexibility index (Phi) is 5.67. The number of thioether (sulfide) groups is 2. The number of nitrogens with zero attached hydrogens (tertiary/aromatic N) is 1. The molecule has 1 saturated heterocycles. The van der Waals surface area contributed by atoms with Crippen LogP contribution < -0.4 is 4.74 Å². The molecule has 0 unspecified atom stereocenters. The number of carbonyl (C=O) groups excluding carboxylic acids is 1. The summed E-state index contributed by atoms with van der Waals surface area (Å²) in [6.45, 7) is 0. The van der Waals surface area contributed by atoms with E-state index in [0.717, 1.165) is 11.5 Å². The lowest BCUT2D eigenvalue weighted by Crippen LogP contribution is -2.11. The summed E-state index contributed by atoms with van der Waals surface area (Å²) in [5, 5.41) is 10.9. The van der Waals surface area contributed by atoms with Crippen LogP contribution in [0.5, 0.6) is 5.75 Å². The Balaban J connectivity index is 1.75. The lowest BCUT2D eigenvalue weighted by atomic mass is 10.2. The Labute approximate surface area is 160 Å². The third-order valence-corrected chi connectivity index (χ3v) is 7.41.